The van der Waals surface area contributed by atoms with Crippen LogP contribution in [0.2, 0.25) is 5.02 Å². The van der Waals surface area contributed by atoms with Crippen molar-refractivity contribution in [1.82, 2.24) is 14.9 Å². The van der Waals surface area contributed by atoms with Crippen LogP contribution in [0, 0.1) is 22.7 Å². The molecule has 1 saturated heterocycles. The second-order valence-corrected chi connectivity index (χ2v) is 17.8. The van der Waals surface area contributed by atoms with Gasteiger partial charge in [0.05, 0.1) is 46.6 Å². The Bertz CT molecular complexity index is 1850. The van der Waals surface area contributed by atoms with Crippen LogP contribution in [0.3, 0.4) is 0 Å². The predicted molar refractivity (Wildman–Crippen MR) is 203 cm³/mol. The van der Waals surface area contributed by atoms with Crippen LogP contribution in [0.25, 0.3) is 22.3 Å². The van der Waals surface area contributed by atoms with Crippen molar-refractivity contribution in [3.8, 4) is 17.1 Å². The monoisotopic (exact) mass is 754 g/mol. The van der Waals surface area contributed by atoms with E-state index in [1.165, 1.54) is 16.2 Å². The summed E-state index contributed by atoms with van der Waals surface area (Å²) < 4.78 is 12.3. The molecule has 0 unspecified atom stereocenters. The van der Waals surface area contributed by atoms with Crippen molar-refractivity contribution < 1.29 is 33.8 Å². The van der Waals surface area contributed by atoms with E-state index in [2.05, 4.69) is 5.32 Å². The van der Waals surface area contributed by atoms with Gasteiger partial charge in [0.2, 0.25) is 5.91 Å². The van der Waals surface area contributed by atoms with E-state index >= 15 is 0 Å². The second-order valence-electron chi connectivity index (χ2n) is 16.6. The number of anilines is 1. The van der Waals surface area contributed by atoms with Gasteiger partial charge in [-0.15, -0.1) is 11.3 Å². The third kappa shape index (κ3) is 8.71. The van der Waals surface area contributed by atoms with E-state index in [0.717, 1.165) is 5.13 Å². The SMILES string of the molecule is CC[C@@H]1C[C@]1(CC(=O)[C@@H]1C[C@@H](Oc2cc(-c3csc(NC(C)C)n3)nc3c(Cl)cccc23)CN1C(=O)[C@@H](CC(=O)OC(C)(C)C)C(C)(C)C)C(=O)O. The molecule has 1 aliphatic carbocycles. The average molecular weight is 755 g/mol. The number of amides is 1. The summed E-state index contributed by atoms with van der Waals surface area (Å²) >= 11 is 8.11. The number of carboxylic acids is 1. The molecule has 1 amide bonds. The van der Waals surface area contributed by atoms with E-state index in [1.807, 2.05) is 53.0 Å². The molecule has 0 radical (unpaired) electrons. The molecular weight excluding hydrogens is 704 g/mol. The normalized spacial score (nSPS) is 22.4. The molecule has 2 fully saturated rings. The number of esters is 1. The fraction of sp³-hybridized carbons (Fsp3) is 0.590. The highest BCUT2D eigenvalue weighted by Crippen LogP contribution is 2.57. The third-order valence-corrected chi connectivity index (χ3v) is 11.0. The minimum atomic E-state index is -1.14. The van der Waals surface area contributed by atoms with Crippen LogP contribution in [-0.2, 0) is 23.9 Å². The summed E-state index contributed by atoms with van der Waals surface area (Å²) in [5.74, 6) is -2.63. The molecule has 0 bridgehead atoms. The largest absolute Gasteiger partial charge is 0.488 e. The van der Waals surface area contributed by atoms with Gasteiger partial charge in [-0.2, -0.15) is 0 Å². The Labute approximate surface area is 314 Å². The van der Waals surface area contributed by atoms with E-state index in [9.17, 15) is 24.3 Å². The van der Waals surface area contributed by atoms with Crippen molar-refractivity contribution in [3.63, 3.8) is 0 Å². The van der Waals surface area contributed by atoms with E-state index < -0.39 is 46.4 Å². The number of likely N-dealkylation sites (tertiary alicyclic amines) is 1. The highest BCUT2D eigenvalue weighted by atomic mass is 35.5. The Morgan fingerprint density at radius 1 is 1.12 bits per heavy atom. The number of thiazole rings is 1. The number of para-hydroxylation sites is 1. The number of aromatic nitrogens is 2. The Hall–Kier alpha value is -3.77. The first kappa shape index (κ1) is 39.4. The van der Waals surface area contributed by atoms with Crippen LogP contribution in [0.1, 0.15) is 94.4 Å². The van der Waals surface area contributed by atoms with Gasteiger partial charge >= 0.3 is 11.9 Å². The topological polar surface area (TPSA) is 148 Å². The Morgan fingerprint density at radius 3 is 2.42 bits per heavy atom. The number of carbonyl (C=O) groups is 4. The maximum Gasteiger partial charge on any atom is 0.310 e. The molecule has 2 aliphatic rings. The predicted octanol–water partition coefficient (Wildman–Crippen LogP) is 8.03. The number of halogens is 1. The lowest BCUT2D eigenvalue weighted by Gasteiger charge is -2.35. The van der Waals surface area contributed by atoms with Crippen LogP contribution in [-0.4, -0.2) is 73.9 Å². The van der Waals surface area contributed by atoms with Crippen LogP contribution in [0.5, 0.6) is 5.75 Å². The van der Waals surface area contributed by atoms with Gasteiger partial charge in [0.25, 0.3) is 0 Å². The van der Waals surface area contributed by atoms with Gasteiger partial charge in [-0.05, 0) is 64.5 Å². The lowest BCUT2D eigenvalue weighted by atomic mass is 9.77. The van der Waals surface area contributed by atoms with Gasteiger partial charge in [0.15, 0.2) is 10.9 Å². The van der Waals surface area contributed by atoms with Crippen molar-refractivity contribution in [3.05, 3.63) is 34.7 Å². The molecule has 1 saturated carbocycles. The van der Waals surface area contributed by atoms with Crippen molar-refractivity contribution in [2.24, 2.45) is 22.7 Å². The number of ether oxygens (including phenoxy) is 2. The summed E-state index contributed by atoms with van der Waals surface area (Å²) in [6.07, 6.45) is 0.244. The molecule has 3 aromatic rings. The molecule has 5 atom stereocenters. The van der Waals surface area contributed by atoms with Crippen LogP contribution >= 0.6 is 22.9 Å². The zero-order valence-electron chi connectivity index (χ0n) is 31.5. The summed E-state index contributed by atoms with van der Waals surface area (Å²) in [6.45, 7) is 17.0. The molecule has 2 aromatic heterocycles. The Morgan fingerprint density at radius 2 is 1.83 bits per heavy atom. The van der Waals surface area contributed by atoms with Crippen molar-refractivity contribution >= 4 is 62.6 Å². The highest BCUT2D eigenvalue weighted by Gasteiger charge is 2.61. The fourth-order valence-corrected chi connectivity index (χ4v) is 8.21. The zero-order valence-corrected chi connectivity index (χ0v) is 33.1. The molecule has 1 aliphatic heterocycles. The summed E-state index contributed by atoms with van der Waals surface area (Å²) in [5.41, 5.74) is -0.816. The molecule has 2 N–H and O–H groups in total. The molecule has 13 heteroatoms. The first-order valence-corrected chi connectivity index (χ1v) is 19.2. The molecule has 282 valence electrons. The number of aliphatic carboxylic acids is 1. The van der Waals surface area contributed by atoms with Crippen molar-refractivity contribution in [2.45, 2.75) is 118 Å². The lowest BCUT2D eigenvalue weighted by molar-refractivity contribution is -0.161. The van der Waals surface area contributed by atoms with Crippen LogP contribution in [0.15, 0.2) is 29.6 Å². The number of benzene rings is 1. The standard InChI is InChI=1S/C39H51ClN4O7S/c1-10-22-17-39(22,35(48)49)18-30(45)29-14-23(19-44(29)34(47)25(37(4,5)6)15-32(46)51-38(7,8)9)50-31-16-27(28-20-52-36(43-28)41-21(2)3)42-33-24(31)12-11-13-26(33)40/h11-13,16,20-23,25,29H,10,14-15,17-19H2,1-9H3,(H,41,43)(H,48,49)/t22-,23-,25-,29+,39-/m1/s1. The number of fused-ring (bicyclic) bond motifs is 1. The summed E-state index contributed by atoms with van der Waals surface area (Å²) in [4.78, 5) is 65.3. The molecule has 1 aromatic carbocycles. The molecule has 5 rings (SSSR count). The molecular formula is C39H51ClN4O7S. The second kappa shape index (κ2) is 14.9. The maximum absolute atomic E-state index is 14.6. The number of hydrogen-bond donors (Lipinski definition) is 2. The van der Waals surface area contributed by atoms with E-state index in [4.69, 9.17) is 31.0 Å². The zero-order chi connectivity index (χ0) is 38.3. The van der Waals surface area contributed by atoms with Crippen molar-refractivity contribution in [2.75, 3.05) is 11.9 Å². The maximum atomic E-state index is 14.6. The summed E-state index contributed by atoms with van der Waals surface area (Å²) in [5, 5.41) is 17.2. The third-order valence-electron chi connectivity index (χ3n) is 9.92. The molecule has 0 spiro atoms. The van der Waals surface area contributed by atoms with Crippen LogP contribution in [0.4, 0.5) is 5.13 Å². The molecule has 11 nitrogen and oxygen atoms in total. The number of Topliss-reactive ketones (excluding diaryl/α,β-unsaturated/α-hetero) is 1. The number of nitrogens with zero attached hydrogens (tertiary/aromatic N) is 3. The molecule has 3 heterocycles. The Kier molecular flexibility index (Phi) is 11.3. The summed E-state index contributed by atoms with van der Waals surface area (Å²) in [6, 6.07) is 6.46. The fourth-order valence-electron chi connectivity index (χ4n) is 7.14. The van der Waals surface area contributed by atoms with Gasteiger partial charge < -0.3 is 24.8 Å². The van der Waals surface area contributed by atoms with Gasteiger partial charge in [0.1, 0.15) is 23.1 Å². The van der Waals surface area contributed by atoms with Gasteiger partial charge in [0, 0.05) is 35.7 Å². The van der Waals surface area contributed by atoms with E-state index in [0.29, 0.717) is 45.9 Å². The Balaban J connectivity index is 1.50. The number of carboxylic acid groups (broad SMARTS) is 1. The molecule has 52 heavy (non-hydrogen) atoms. The van der Waals surface area contributed by atoms with Gasteiger partial charge in [-0.3, -0.25) is 19.2 Å². The van der Waals surface area contributed by atoms with E-state index in [1.54, 1.807) is 39.0 Å². The minimum Gasteiger partial charge on any atom is -0.488 e. The first-order chi connectivity index (χ1) is 24.2. The number of pyridine rings is 1. The van der Waals surface area contributed by atoms with Gasteiger partial charge in [-0.25, -0.2) is 9.97 Å². The van der Waals surface area contributed by atoms with Crippen LogP contribution < -0.4 is 10.1 Å². The van der Waals surface area contributed by atoms with Gasteiger partial charge in [-0.1, -0.05) is 51.8 Å². The number of ketones is 1. The quantitative estimate of drug-likeness (QED) is 0.164. The number of hydrogen-bond acceptors (Lipinski definition) is 10. The lowest BCUT2D eigenvalue weighted by Crippen LogP contribution is -2.48. The minimum absolute atomic E-state index is 0.0618. The number of rotatable bonds is 13. The highest BCUT2D eigenvalue weighted by molar-refractivity contribution is 7.14. The smallest absolute Gasteiger partial charge is 0.310 e. The average Bonchev–Trinajstić information content (AvgIpc) is 3.32. The first-order valence-electron chi connectivity index (χ1n) is 18.0. The summed E-state index contributed by atoms with van der Waals surface area (Å²) in [7, 11) is 0. The van der Waals surface area contributed by atoms with Crippen molar-refractivity contribution in [1.29, 1.82) is 0 Å². The van der Waals surface area contributed by atoms with E-state index in [-0.39, 0.29) is 49.5 Å². The number of carbonyl (C=O) groups excluding carboxylic acids is 3. The number of nitrogens with one attached hydrogen (secondary N) is 1.